The topological polar surface area (TPSA) is 38.8 Å². The molecule has 1 aromatic rings. The van der Waals surface area contributed by atoms with E-state index in [-0.39, 0.29) is 24.2 Å². The molecule has 0 spiro atoms. The summed E-state index contributed by atoms with van der Waals surface area (Å²) in [6.45, 7) is 6.62. The lowest BCUT2D eigenvalue weighted by Gasteiger charge is -2.36. The summed E-state index contributed by atoms with van der Waals surface area (Å²) in [5.41, 5.74) is 1.13. The van der Waals surface area contributed by atoms with Crippen molar-refractivity contribution in [3.8, 4) is 0 Å². The Bertz CT molecular complexity index is 502. The van der Waals surface area contributed by atoms with Crippen LogP contribution in [0.2, 0.25) is 0 Å². The van der Waals surface area contributed by atoms with Crippen LogP contribution in [0.5, 0.6) is 0 Å². The third-order valence-corrected chi connectivity index (χ3v) is 5.38. The fraction of sp³-hybridized carbons (Fsp3) is 0.722. The second-order valence-electron chi connectivity index (χ2n) is 7.06. The number of rotatable bonds is 6. The number of hydrogen-bond donors (Lipinski definition) is 0. The Kier molecular flexibility index (Phi) is 5.72. The molecule has 23 heavy (non-hydrogen) atoms. The van der Waals surface area contributed by atoms with Crippen molar-refractivity contribution in [3.63, 3.8) is 0 Å². The lowest BCUT2D eigenvalue weighted by molar-refractivity contribution is -0.138. The van der Waals surface area contributed by atoms with Crippen LogP contribution in [-0.4, -0.2) is 48.8 Å². The molecular formula is C18H27NO3S. The molecule has 0 saturated carbocycles. The van der Waals surface area contributed by atoms with Crippen molar-refractivity contribution in [3.05, 3.63) is 22.4 Å². The predicted molar refractivity (Wildman–Crippen MR) is 91.7 cm³/mol. The average molecular weight is 337 g/mol. The molecule has 0 N–H and O–H groups in total. The summed E-state index contributed by atoms with van der Waals surface area (Å²) in [4.78, 5) is 14.6. The van der Waals surface area contributed by atoms with E-state index in [0.29, 0.717) is 18.9 Å². The Morgan fingerprint density at radius 1 is 1.43 bits per heavy atom. The van der Waals surface area contributed by atoms with E-state index >= 15 is 0 Å². The molecule has 4 nitrogen and oxygen atoms in total. The second kappa shape index (κ2) is 7.77. The standard InChI is InChI=1S/C18H27NO3S/c1-13(2)10-21-11-15-3-4-16-17(22-15)5-7-19(16)18(20)9-14-6-8-23-12-14/h6,8,12-13,15-17H,3-5,7,9-11H2,1-2H3/t15-,16+,17+/m1/s1. The van der Waals surface area contributed by atoms with Crippen LogP contribution in [0.25, 0.3) is 0 Å². The number of carbonyl (C=O) groups excluding carboxylic acids is 1. The van der Waals surface area contributed by atoms with Crippen molar-refractivity contribution in [2.24, 2.45) is 5.92 Å². The van der Waals surface area contributed by atoms with E-state index in [1.54, 1.807) is 11.3 Å². The van der Waals surface area contributed by atoms with Crippen molar-refractivity contribution in [2.45, 2.75) is 57.8 Å². The Balaban J connectivity index is 1.48. The highest BCUT2D eigenvalue weighted by Gasteiger charge is 2.41. The summed E-state index contributed by atoms with van der Waals surface area (Å²) >= 11 is 1.65. The Labute approximate surface area is 142 Å². The molecular weight excluding hydrogens is 310 g/mol. The minimum absolute atomic E-state index is 0.196. The van der Waals surface area contributed by atoms with Crippen molar-refractivity contribution in [1.82, 2.24) is 4.90 Å². The third kappa shape index (κ3) is 4.34. The van der Waals surface area contributed by atoms with Gasteiger partial charge < -0.3 is 14.4 Å². The number of nitrogens with zero attached hydrogens (tertiary/aromatic N) is 1. The highest BCUT2D eigenvalue weighted by atomic mass is 32.1. The second-order valence-corrected chi connectivity index (χ2v) is 7.84. The van der Waals surface area contributed by atoms with Crippen molar-refractivity contribution < 1.29 is 14.3 Å². The van der Waals surface area contributed by atoms with Gasteiger partial charge in [0.05, 0.1) is 31.3 Å². The molecule has 0 unspecified atom stereocenters. The van der Waals surface area contributed by atoms with Crippen LogP contribution >= 0.6 is 11.3 Å². The van der Waals surface area contributed by atoms with E-state index in [1.165, 1.54) is 0 Å². The Hall–Kier alpha value is -0.910. The lowest BCUT2D eigenvalue weighted by atomic mass is 9.99. The Morgan fingerprint density at radius 2 is 2.30 bits per heavy atom. The molecule has 5 heteroatoms. The molecule has 0 aromatic carbocycles. The molecule has 0 radical (unpaired) electrons. The van der Waals surface area contributed by atoms with Crippen molar-refractivity contribution in [2.75, 3.05) is 19.8 Å². The molecule has 3 atom stereocenters. The van der Waals surface area contributed by atoms with Gasteiger partial charge in [-0.3, -0.25) is 4.79 Å². The summed E-state index contributed by atoms with van der Waals surface area (Å²) < 4.78 is 11.9. The zero-order valence-corrected chi connectivity index (χ0v) is 14.9. The number of carbonyl (C=O) groups is 1. The smallest absolute Gasteiger partial charge is 0.227 e. The fourth-order valence-electron chi connectivity index (χ4n) is 3.53. The zero-order chi connectivity index (χ0) is 16.2. The van der Waals surface area contributed by atoms with Crippen LogP contribution in [0.1, 0.15) is 38.7 Å². The maximum atomic E-state index is 12.5. The largest absolute Gasteiger partial charge is 0.378 e. The van der Waals surface area contributed by atoms with Gasteiger partial charge in [-0.25, -0.2) is 0 Å². The average Bonchev–Trinajstić information content (AvgIpc) is 3.15. The summed E-state index contributed by atoms with van der Waals surface area (Å²) in [6.07, 6.45) is 3.90. The summed E-state index contributed by atoms with van der Waals surface area (Å²) in [5, 5.41) is 4.09. The maximum absolute atomic E-state index is 12.5. The lowest BCUT2D eigenvalue weighted by Crippen LogP contribution is -2.46. The van der Waals surface area contributed by atoms with E-state index in [4.69, 9.17) is 9.47 Å². The first kappa shape index (κ1) is 16.9. The molecule has 2 saturated heterocycles. The molecule has 3 heterocycles. The van der Waals surface area contributed by atoms with Crippen molar-refractivity contribution >= 4 is 17.2 Å². The maximum Gasteiger partial charge on any atom is 0.227 e. The van der Waals surface area contributed by atoms with E-state index in [0.717, 1.165) is 38.0 Å². The normalized spacial score (nSPS) is 27.4. The van der Waals surface area contributed by atoms with Gasteiger partial charge in [0.25, 0.3) is 0 Å². The first-order chi connectivity index (χ1) is 11.1. The van der Waals surface area contributed by atoms with Crippen LogP contribution in [0, 0.1) is 5.92 Å². The number of amides is 1. The minimum Gasteiger partial charge on any atom is -0.378 e. The van der Waals surface area contributed by atoms with Gasteiger partial charge in [0.2, 0.25) is 5.91 Å². The highest BCUT2D eigenvalue weighted by molar-refractivity contribution is 7.07. The predicted octanol–water partition coefficient (Wildman–Crippen LogP) is 3.11. The van der Waals surface area contributed by atoms with E-state index in [1.807, 2.05) is 16.3 Å². The van der Waals surface area contributed by atoms with Gasteiger partial charge in [0.1, 0.15) is 0 Å². The zero-order valence-electron chi connectivity index (χ0n) is 14.1. The van der Waals surface area contributed by atoms with Gasteiger partial charge in [-0.1, -0.05) is 13.8 Å². The first-order valence-corrected chi connectivity index (χ1v) is 9.61. The van der Waals surface area contributed by atoms with Gasteiger partial charge >= 0.3 is 0 Å². The molecule has 1 amide bonds. The van der Waals surface area contributed by atoms with E-state index in [2.05, 4.69) is 19.2 Å². The van der Waals surface area contributed by atoms with E-state index < -0.39 is 0 Å². The summed E-state index contributed by atoms with van der Waals surface area (Å²) in [7, 11) is 0. The SMILES string of the molecule is CC(C)COC[C@H]1CC[C@H]2[C@H](CCN2C(=O)Cc2ccsc2)O1. The van der Waals surface area contributed by atoms with Crippen LogP contribution in [-0.2, 0) is 20.7 Å². The van der Waals surface area contributed by atoms with Gasteiger partial charge in [-0.05, 0) is 47.6 Å². The first-order valence-electron chi connectivity index (χ1n) is 8.67. The quantitative estimate of drug-likeness (QED) is 0.800. The monoisotopic (exact) mass is 337 g/mol. The molecule has 0 bridgehead atoms. The summed E-state index contributed by atoms with van der Waals surface area (Å²) in [6, 6.07) is 2.30. The Morgan fingerprint density at radius 3 is 3.04 bits per heavy atom. The number of fused-ring (bicyclic) bond motifs is 1. The number of ether oxygens (including phenoxy) is 2. The molecule has 2 fully saturated rings. The van der Waals surface area contributed by atoms with Gasteiger partial charge in [0.15, 0.2) is 0 Å². The number of likely N-dealkylation sites (tertiary alicyclic amines) is 1. The fourth-order valence-corrected chi connectivity index (χ4v) is 4.20. The molecule has 3 rings (SSSR count). The van der Waals surface area contributed by atoms with Gasteiger partial charge in [-0.2, -0.15) is 11.3 Å². The molecule has 2 aliphatic rings. The van der Waals surface area contributed by atoms with Gasteiger partial charge in [-0.15, -0.1) is 0 Å². The van der Waals surface area contributed by atoms with Gasteiger partial charge in [0, 0.05) is 13.2 Å². The van der Waals surface area contributed by atoms with Crippen molar-refractivity contribution in [1.29, 1.82) is 0 Å². The minimum atomic E-state index is 0.196. The number of hydrogen-bond acceptors (Lipinski definition) is 4. The van der Waals surface area contributed by atoms with E-state index in [9.17, 15) is 4.79 Å². The van der Waals surface area contributed by atoms with Crippen LogP contribution in [0.15, 0.2) is 16.8 Å². The number of thiophene rings is 1. The highest BCUT2D eigenvalue weighted by Crippen LogP contribution is 2.32. The molecule has 128 valence electrons. The molecule has 0 aliphatic carbocycles. The molecule has 1 aromatic heterocycles. The summed E-state index contributed by atoms with van der Waals surface area (Å²) in [5.74, 6) is 0.803. The van der Waals surface area contributed by atoms with Crippen LogP contribution in [0.3, 0.4) is 0 Å². The third-order valence-electron chi connectivity index (χ3n) is 4.65. The molecule has 2 aliphatic heterocycles. The van der Waals surface area contributed by atoms with Crippen LogP contribution in [0.4, 0.5) is 0 Å². The van der Waals surface area contributed by atoms with Crippen LogP contribution < -0.4 is 0 Å².